The summed E-state index contributed by atoms with van der Waals surface area (Å²) in [5.74, 6) is 0.0910. The number of nitriles is 1. The van der Waals surface area contributed by atoms with Crippen LogP contribution in [-0.2, 0) is 0 Å². The fraction of sp³-hybridized carbons (Fsp3) is 0.105. The van der Waals surface area contributed by atoms with Gasteiger partial charge in [0.2, 0.25) is 5.95 Å². The highest BCUT2D eigenvalue weighted by molar-refractivity contribution is 6.22. The third-order valence-electron chi connectivity index (χ3n) is 3.68. The van der Waals surface area contributed by atoms with Crippen LogP contribution >= 0.6 is 11.6 Å². The summed E-state index contributed by atoms with van der Waals surface area (Å²) < 4.78 is 13.1. The predicted molar refractivity (Wildman–Crippen MR) is 95.3 cm³/mol. The average molecular weight is 353 g/mol. The lowest BCUT2D eigenvalue weighted by atomic mass is 10.1. The molecule has 4 nitrogen and oxygen atoms in total. The Bertz CT molecular complexity index is 918. The summed E-state index contributed by atoms with van der Waals surface area (Å²) in [7, 11) is 0. The lowest BCUT2D eigenvalue weighted by molar-refractivity contribution is 0.627. The van der Waals surface area contributed by atoms with Crippen LogP contribution in [0.25, 0.3) is 0 Å². The van der Waals surface area contributed by atoms with Crippen molar-refractivity contribution in [2.45, 2.75) is 12.3 Å². The maximum absolute atomic E-state index is 13.1. The molecular formula is C19H14ClFN4. The molecule has 0 aliphatic rings. The smallest absolute Gasteiger partial charge is 0.227 e. The van der Waals surface area contributed by atoms with Crippen molar-refractivity contribution in [1.29, 1.82) is 5.26 Å². The molecule has 0 amide bonds. The minimum absolute atomic E-state index is 0.310. The molecule has 6 heteroatoms. The van der Waals surface area contributed by atoms with Crippen molar-refractivity contribution in [2.75, 3.05) is 5.32 Å². The number of nitrogens with one attached hydrogen (secondary N) is 1. The molecule has 0 bridgehead atoms. The summed E-state index contributed by atoms with van der Waals surface area (Å²) in [4.78, 5) is 8.76. The summed E-state index contributed by atoms with van der Waals surface area (Å²) in [5, 5.41) is 11.4. The van der Waals surface area contributed by atoms with Crippen molar-refractivity contribution in [3.05, 3.63) is 82.9 Å². The molecule has 2 aromatic carbocycles. The van der Waals surface area contributed by atoms with Gasteiger partial charge in [0, 0.05) is 11.9 Å². The highest BCUT2D eigenvalue weighted by Gasteiger charge is 2.16. The Morgan fingerprint density at radius 3 is 2.44 bits per heavy atom. The molecule has 3 rings (SSSR count). The van der Waals surface area contributed by atoms with E-state index in [9.17, 15) is 4.39 Å². The topological polar surface area (TPSA) is 61.6 Å². The zero-order chi connectivity index (χ0) is 17.8. The number of aryl methyl sites for hydroxylation is 1. The average Bonchev–Trinajstić information content (AvgIpc) is 2.64. The Labute approximate surface area is 149 Å². The van der Waals surface area contributed by atoms with E-state index in [2.05, 4.69) is 21.4 Å². The first-order chi connectivity index (χ1) is 12.1. The van der Waals surface area contributed by atoms with Gasteiger partial charge in [-0.3, -0.25) is 0 Å². The van der Waals surface area contributed by atoms with E-state index in [4.69, 9.17) is 16.9 Å². The highest BCUT2D eigenvalue weighted by Crippen LogP contribution is 2.30. The van der Waals surface area contributed by atoms with Crippen LogP contribution < -0.4 is 5.32 Å². The standard InChI is InChI=1S/C19H14ClFN4/c1-12-11-23-19(24-16-8-2-13(10-22)3-9-16)25-18(12)17(20)14-4-6-15(21)7-5-14/h2-9,11,17H,1H3,(H,23,24,25). The fourth-order valence-corrected chi connectivity index (χ4v) is 2.69. The van der Waals surface area contributed by atoms with E-state index in [1.54, 1.807) is 42.6 Å². The Kier molecular flexibility index (Phi) is 4.92. The summed E-state index contributed by atoms with van der Waals surface area (Å²) in [6.45, 7) is 1.87. The summed E-state index contributed by atoms with van der Waals surface area (Å²) >= 11 is 6.53. The second kappa shape index (κ2) is 7.29. The summed E-state index contributed by atoms with van der Waals surface area (Å²) in [6, 6.07) is 15.1. The number of halogens is 2. The van der Waals surface area contributed by atoms with Gasteiger partial charge < -0.3 is 5.32 Å². The van der Waals surface area contributed by atoms with Crippen molar-refractivity contribution in [3.8, 4) is 6.07 Å². The molecule has 0 spiro atoms. The fourth-order valence-electron chi connectivity index (χ4n) is 2.32. The molecule has 1 unspecified atom stereocenters. The maximum Gasteiger partial charge on any atom is 0.227 e. The van der Waals surface area contributed by atoms with Gasteiger partial charge in [0.15, 0.2) is 0 Å². The molecule has 1 heterocycles. The summed E-state index contributed by atoms with van der Waals surface area (Å²) in [5.41, 5.74) is 3.60. The number of anilines is 2. The van der Waals surface area contributed by atoms with Crippen molar-refractivity contribution in [3.63, 3.8) is 0 Å². The molecule has 0 saturated heterocycles. The van der Waals surface area contributed by atoms with E-state index in [1.165, 1.54) is 12.1 Å². The number of aromatic nitrogens is 2. The largest absolute Gasteiger partial charge is 0.324 e. The molecule has 0 aliphatic carbocycles. The van der Waals surface area contributed by atoms with E-state index in [1.807, 2.05) is 6.92 Å². The predicted octanol–water partition coefficient (Wildman–Crippen LogP) is 4.87. The second-order valence-corrected chi connectivity index (χ2v) is 5.93. The number of hydrogen-bond acceptors (Lipinski definition) is 4. The summed E-state index contributed by atoms with van der Waals surface area (Å²) in [6.07, 6.45) is 1.69. The number of benzene rings is 2. The lowest BCUT2D eigenvalue weighted by Gasteiger charge is -2.14. The van der Waals surface area contributed by atoms with Crippen LogP contribution in [0.2, 0.25) is 0 Å². The van der Waals surface area contributed by atoms with Gasteiger partial charge in [-0.05, 0) is 54.4 Å². The third kappa shape index (κ3) is 3.93. The van der Waals surface area contributed by atoms with Gasteiger partial charge in [-0.1, -0.05) is 12.1 Å². The molecule has 0 fully saturated rings. The van der Waals surface area contributed by atoms with E-state index < -0.39 is 5.38 Å². The van der Waals surface area contributed by atoms with Crippen molar-refractivity contribution >= 4 is 23.2 Å². The monoisotopic (exact) mass is 352 g/mol. The molecule has 0 aliphatic heterocycles. The Morgan fingerprint density at radius 1 is 1.12 bits per heavy atom. The molecule has 25 heavy (non-hydrogen) atoms. The SMILES string of the molecule is Cc1cnc(Nc2ccc(C#N)cc2)nc1C(Cl)c1ccc(F)cc1. The van der Waals surface area contributed by atoms with Gasteiger partial charge >= 0.3 is 0 Å². The molecule has 124 valence electrons. The number of alkyl halides is 1. The zero-order valence-corrected chi connectivity index (χ0v) is 14.1. The van der Waals surface area contributed by atoms with Crippen LogP contribution in [0.5, 0.6) is 0 Å². The van der Waals surface area contributed by atoms with Gasteiger partial charge in [0.25, 0.3) is 0 Å². The van der Waals surface area contributed by atoms with E-state index in [0.29, 0.717) is 17.2 Å². The van der Waals surface area contributed by atoms with Gasteiger partial charge in [-0.2, -0.15) is 5.26 Å². The van der Waals surface area contributed by atoms with Crippen LogP contribution in [0.3, 0.4) is 0 Å². The van der Waals surface area contributed by atoms with E-state index >= 15 is 0 Å². The molecule has 1 atom stereocenters. The molecule has 3 aromatic rings. The van der Waals surface area contributed by atoms with Gasteiger partial charge in [-0.15, -0.1) is 11.6 Å². The highest BCUT2D eigenvalue weighted by atomic mass is 35.5. The van der Waals surface area contributed by atoms with E-state index in [0.717, 1.165) is 16.8 Å². The number of rotatable bonds is 4. The normalized spacial score (nSPS) is 11.6. The van der Waals surface area contributed by atoms with Gasteiger partial charge in [0.05, 0.1) is 17.3 Å². The van der Waals surface area contributed by atoms with Crippen LogP contribution in [-0.4, -0.2) is 9.97 Å². The van der Waals surface area contributed by atoms with Crippen LogP contribution in [0.15, 0.2) is 54.7 Å². The lowest BCUT2D eigenvalue weighted by Crippen LogP contribution is -2.05. The number of nitrogens with zero attached hydrogens (tertiary/aromatic N) is 3. The van der Waals surface area contributed by atoms with Crippen LogP contribution in [0.4, 0.5) is 16.0 Å². The van der Waals surface area contributed by atoms with Crippen LogP contribution in [0, 0.1) is 24.1 Å². The molecule has 1 aromatic heterocycles. The van der Waals surface area contributed by atoms with Crippen LogP contribution in [0.1, 0.15) is 27.8 Å². The van der Waals surface area contributed by atoms with Gasteiger partial charge in [0.1, 0.15) is 11.2 Å². The maximum atomic E-state index is 13.1. The number of hydrogen-bond donors (Lipinski definition) is 1. The molecule has 0 radical (unpaired) electrons. The van der Waals surface area contributed by atoms with Crippen molar-refractivity contribution in [1.82, 2.24) is 9.97 Å². The molecule has 1 N–H and O–H groups in total. The van der Waals surface area contributed by atoms with E-state index in [-0.39, 0.29) is 5.82 Å². The Balaban J connectivity index is 1.86. The Hall–Kier alpha value is -2.97. The Morgan fingerprint density at radius 2 is 1.80 bits per heavy atom. The third-order valence-corrected chi connectivity index (χ3v) is 4.14. The minimum Gasteiger partial charge on any atom is -0.324 e. The molecule has 0 saturated carbocycles. The second-order valence-electron chi connectivity index (χ2n) is 5.49. The van der Waals surface area contributed by atoms with Crippen molar-refractivity contribution in [2.24, 2.45) is 0 Å². The molecular weight excluding hydrogens is 339 g/mol. The quantitative estimate of drug-likeness (QED) is 0.680. The first-order valence-corrected chi connectivity index (χ1v) is 8.01. The zero-order valence-electron chi connectivity index (χ0n) is 13.4. The van der Waals surface area contributed by atoms with Gasteiger partial charge in [-0.25, -0.2) is 14.4 Å². The first-order valence-electron chi connectivity index (χ1n) is 7.57. The van der Waals surface area contributed by atoms with Crippen molar-refractivity contribution < 1.29 is 4.39 Å². The first kappa shape index (κ1) is 16.9. The minimum atomic E-state index is -0.509.